The van der Waals surface area contributed by atoms with Crippen LogP contribution in [0.2, 0.25) is 5.02 Å². The second-order valence-electron chi connectivity index (χ2n) is 8.00. The van der Waals surface area contributed by atoms with Crippen molar-refractivity contribution in [2.24, 2.45) is 0 Å². The minimum atomic E-state index is -4.38. The van der Waals surface area contributed by atoms with Crippen molar-refractivity contribution in [3.05, 3.63) is 99.3 Å². The van der Waals surface area contributed by atoms with Gasteiger partial charge in [-0.25, -0.2) is 22.1 Å². The number of halogens is 2. The molecule has 0 unspecified atom stereocenters. The largest absolute Gasteiger partial charge is 0.497 e. The molecule has 0 radical (unpaired) electrons. The van der Waals surface area contributed by atoms with E-state index in [0.717, 1.165) is 33.3 Å². The van der Waals surface area contributed by atoms with Crippen LogP contribution in [0.1, 0.15) is 22.3 Å². The lowest BCUT2D eigenvalue weighted by molar-refractivity contribution is 0.414. The van der Waals surface area contributed by atoms with E-state index in [2.05, 4.69) is 16.4 Å². The Kier molecular flexibility index (Phi) is 7.97. The highest BCUT2D eigenvalue weighted by atomic mass is 35.5. The van der Waals surface area contributed by atoms with Crippen LogP contribution in [0.25, 0.3) is 0 Å². The number of aryl methyl sites for hydroxylation is 1. The summed E-state index contributed by atoms with van der Waals surface area (Å²) in [4.78, 5) is 3.60. The summed E-state index contributed by atoms with van der Waals surface area (Å²) in [7, 11) is -2.83. The number of ether oxygens (including phenoxy) is 1. The molecule has 0 atom stereocenters. The summed E-state index contributed by atoms with van der Waals surface area (Å²) in [6.07, 6.45) is 1.48. The predicted molar refractivity (Wildman–Crippen MR) is 143 cm³/mol. The highest BCUT2D eigenvalue weighted by molar-refractivity contribution is 7.93. The molecule has 0 aliphatic carbocycles. The van der Waals surface area contributed by atoms with E-state index in [1.165, 1.54) is 6.20 Å². The fourth-order valence-corrected chi connectivity index (χ4v) is 6.31. The molecule has 0 aliphatic heterocycles. The van der Waals surface area contributed by atoms with E-state index in [9.17, 15) is 13.7 Å². The highest BCUT2D eigenvalue weighted by Gasteiger charge is 2.31. The van der Waals surface area contributed by atoms with Gasteiger partial charge in [0.15, 0.2) is 5.13 Å². The normalized spacial score (nSPS) is 11.1. The molecule has 190 valence electrons. The van der Waals surface area contributed by atoms with Gasteiger partial charge in [-0.15, -0.1) is 11.3 Å². The Labute approximate surface area is 223 Å². The smallest absolute Gasteiger partial charge is 0.269 e. The standard InChI is InChI=1S/C26H22ClFN4O3S2/c1-17-11-21(35-2)8-7-20(17)16-32(26-30-9-10-36-26)37(33,34)25-12-22(27)24(13-23(25)28)31-15-19-6-4-3-5-18(19)14-29/h3-13,31H,15-16H2,1-2H3. The Morgan fingerprint density at radius 2 is 1.97 bits per heavy atom. The van der Waals surface area contributed by atoms with E-state index >= 15 is 4.39 Å². The van der Waals surface area contributed by atoms with E-state index in [0.29, 0.717) is 22.4 Å². The molecule has 0 aliphatic rings. The number of hydrogen-bond acceptors (Lipinski definition) is 7. The first kappa shape index (κ1) is 26.4. The zero-order valence-electron chi connectivity index (χ0n) is 19.9. The molecule has 1 heterocycles. The molecule has 7 nitrogen and oxygen atoms in total. The zero-order chi connectivity index (χ0) is 26.6. The third kappa shape index (κ3) is 5.69. The molecule has 0 amide bonds. The summed E-state index contributed by atoms with van der Waals surface area (Å²) in [6, 6.07) is 16.5. The van der Waals surface area contributed by atoms with E-state index in [4.69, 9.17) is 16.3 Å². The Bertz CT molecular complexity index is 1570. The van der Waals surface area contributed by atoms with Crippen molar-refractivity contribution in [2.45, 2.75) is 24.9 Å². The lowest BCUT2D eigenvalue weighted by Gasteiger charge is -2.23. The molecule has 3 aromatic carbocycles. The number of anilines is 2. The second kappa shape index (κ2) is 11.2. The number of thiazole rings is 1. The molecule has 1 N–H and O–H groups in total. The molecule has 4 rings (SSSR count). The number of sulfonamides is 1. The van der Waals surface area contributed by atoms with Gasteiger partial charge < -0.3 is 10.1 Å². The molecule has 0 bridgehead atoms. The average Bonchev–Trinajstić information content (AvgIpc) is 3.42. The van der Waals surface area contributed by atoms with E-state index < -0.39 is 20.7 Å². The second-order valence-corrected chi connectivity index (χ2v) is 11.1. The van der Waals surface area contributed by atoms with E-state index in [-0.39, 0.29) is 28.9 Å². The van der Waals surface area contributed by atoms with Gasteiger partial charge in [-0.05, 0) is 53.9 Å². The van der Waals surface area contributed by atoms with Crippen LogP contribution >= 0.6 is 22.9 Å². The number of rotatable bonds is 9. The monoisotopic (exact) mass is 556 g/mol. The van der Waals surface area contributed by atoms with Gasteiger partial charge >= 0.3 is 0 Å². The summed E-state index contributed by atoms with van der Waals surface area (Å²) in [6.45, 7) is 1.98. The average molecular weight is 557 g/mol. The number of hydrogen-bond donors (Lipinski definition) is 1. The van der Waals surface area contributed by atoms with Crippen molar-refractivity contribution in [3.63, 3.8) is 0 Å². The quantitative estimate of drug-likeness (QED) is 0.266. The van der Waals surface area contributed by atoms with Gasteiger partial charge in [0, 0.05) is 18.1 Å². The van der Waals surface area contributed by atoms with Crippen molar-refractivity contribution < 1.29 is 17.5 Å². The van der Waals surface area contributed by atoms with Crippen molar-refractivity contribution in [1.82, 2.24) is 4.98 Å². The van der Waals surface area contributed by atoms with Crippen molar-refractivity contribution in [2.75, 3.05) is 16.7 Å². The van der Waals surface area contributed by atoms with Crippen LogP contribution in [-0.2, 0) is 23.1 Å². The third-order valence-electron chi connectivity index (χ3n) is 5.69. The summed E-state index contributed by atoms with van der Waals surface area (Å²) < 4.78 is 49.1. The van der Waals surface area contributed by atoms with Crippen molar-refractivity contribution in [1.29, 1.82) is 5.26 Å². The van der Waals surface area contributed by atoms with Gasteiger partial charge in [-0.2, -0.15) is 5.26 Å². The van der Waals surface area contributed by atoms with Gasteiger partial charge in [0.1, 0.15) is 16.5 Å². The SMILES string of the molecule is COc1ccc(CN(c2nccs2)S(=O)(=O)c2cc(Cl)c(NCc3ccccc3C#N)cc2F)c(C)c1. The van der Waals surface area contributed by atoms with Crippen LogP contribution in [-0.4, -0.2) is 20.5 Å². The Hall–Kier alpha value is -3.65. The number of aromatic nitrogens is 1. The Morgan fingerprint density at radius 1 is 1.19 bits per heavy atom. The maximum atomic E-state index is 15.3. The molecule has 1 aromatic heterocycles. The van der Waals surface area contributed by atoms with Crippen LogP contribution in [0.15, 0.2) is 71.1 Å². The molecule has 0 spiro atoms. The van der Waals surface area contributed by atoms with Crippen molar-refractivity contribution in [3.8, 4) is 11.8 Å². The molecule has 4 aromatic rings. The minimum absolute atomic E-state index is 0.0223. The maximum Gasteiger partial charge on any atom is 0.269 e. The lowest BCUT2D eigenvalue weighted by Crippen LogP contribution is -2.31. The fraction of sp³-hybridized carbons (Fsp3) is 0.154. The summed E-state index contributed by atoms with van der Waals surface area (Å²) in [5.74, 6) is -0.323. The molecule has 37 heavy (non-hydrogen) atoms. The topological polar surface area (TPSA) is 95.3 Å². The van der Waals surface area contributed by atoms with Gasteiger partial charge in [0.05, 0.1) is 36.0 Å². The Balaban J connectivity index is 1.67. The molecule has 11 heteroatoms. The fourth-order valence-electron chi connectivity index (χ4n) is 3.68. The van der Waals surface area contributed by atoms with E-state index in [1.54, 1.807) is 55.0 Å². The van der Waals surface area contributed by atoms with Crippen LogP contribution in [0.4, 0.5) is 15.2 Å². The van der Waals surface area contributed by atoms with Crippen molar-refractivity contribution >= 4 is 43.8 Å². The summed E-state index contributed by atoms with van der Waals surface area (Å²) >= 11 is 7.52. The molecular weight excluding hydrogens is 535 g/mol. The predicted octanol–water partition coefficient (Wildman–Crippen LogP) is 6.13. The zero-order valence-corrected chi connectivity index (χ0v) is 22.3. The lowest BCUT2D eigenvalue weighted by atomic mass is 10.1. The van der Waals surface area contributed by atoms with Gasteiger partial charge in [0.2, 0.25) is 0 Å². The van der Waals surface area contributed by atoms with Gasteiger partial charge in [0.25, 0.3) is 10.0 Å². The summed E-state index contributed by atoms with van der Waals surface area (Å²) in [5, 5.41) is 14.1. The van der Waals surface area contributed by atoms with Gasteiger partial charge in [-0.1, -0.05) is 35.9 Å². The molecule has 0 saturated heterocycles. The highest BCUT2D eigenvalue weighted by Crippen LogP contribution is 2.34. The van der Waals surface area contributed by atoms with Crippen LogP contribution < -0.4 is 14.4 Å². The number of nitrogens with zero attached hydrogens (tertiary/aromatic N) is 3. The number of benzene rings is 3. The third-order valence-corrected chi connectivity index (χ3v) is 8.67. The number of nitriles is 1. The van der Waals surface area contributed by atoms with Gasteiger partial charge in [-0.3, -0.25) is 0 Å². The first-order chi connectivity index (χ1) is 17.7. The first-order valence-corrected chi connectivity index (χ1v) is 13.7. The van der Waals surface area contributed by atoms with Crippen LogP contribution in [0.5, 0.6) is 5.75 Å². The molecule has 0 saturated carbocycles. The molecular formula is C26H22ClFN4O3S2. The first-order valence-electron chi connectivity index (χ1n) is 11.0. The van der Waals surface area contributed by atoms with Crippen LogP contribution in [0, 0.1) is 24.1 Å². The number of methoxy groups -OCH3 is 1. The number of nitrogens with one attached hydrogen (secondary N) is 1. The summed E-state index contributed by atoms with van der Waals surface area (Å²) in [5.41, 5.74) is 2.90. The molecule has 0 fully saturated rings. The van der Waals surface area contributed by atoms with Crippen LogP contribution in [0.3, 0.4) is 0 Å². The minimum Gasteiger partial charge on any atom is -0.497 e. The Morgan fingerprint density at radius 3 is 2.65 bits per heavy atom. The maximum absolute atomic E-state index is 15.3. The van der Waals surface area contributed by atoms with E-state index in [1.807, 2.05) is 6.92 Å².